The van der Waals surface area contributed by atoms with Crippen LogP contribution in [0.5, 0.6) is 0 Å². The summed E-state index contributed by atoms with van der Waals surface area (Å²) >= 11 is 8.81. The van der Waals surface area contributed by atoms with Gasteiger partial charge in [-0.3, -0.25) is 0 Å². The van der Waals surface area contributed by atoms with E-state index in [1.807, 2.05) is 0 Å². The van der Waals surface area contributed by atoms with Crippen molar-refractivity contribution >= 4 is 44.5 Å². The maximum absolute atomic E-state index is 10.8. The number of rotatable bonds is 1. The van der Waals surface area contributed by atoms with E-state index in [1.165, 1.54) is 0 Å². The molecule has 0 saturated carbocycles. The van der Waals surface area contributed by atoms with E-state index >= 15 is 0 Å². The highest BCUT2D eigenvalue weighted by atomic mass is 79.9. The predicted molar refractivity (Wildman–Crippen MR) is 59.2 cm³/mol. The minimum Gasteiger partial charge on any atom is -0.476 e. The summed E-state index contributed by atoms with van der Waals surface area (Å²) in [6, 6.07) is 4.93. The van der Waals surface area contributed by atoms with Gasteiger partial charge in [-0.1, -0.05) is 11.6 Å². The van der Waals surface area contributed by atoms with Gasteiger partial charge in [0, 0.05) is 5.02 Å². The molecular weight excluding hydrogens is 283 g/mol. The fraction of sp³-hybridized carbons (Fsp3) is 0. The van der Waals surface area contributed by atoms with E-state index in [1.54, 1.807) is 18.2 Å². The van der Waals surface area contributed by atoms with Crippen LogP contribution in [-0.4, -0.2) is 21.0 Å². The number of carboxylic acids is 1. The highest BCUT2D eigenvalue weighted by molar-refractivity contribution is 9.10. The summed E-state index contributed by atoms with van der Waals surface area (Å²) in [7, 11) is 0. The third kappa shape index (κ3) is 1.93. The second kappa shape index (κ2) is 3.75. The topological polar surface area (TPSA) is 63.1 Å². The zero-order chi connectivity index (χ0) is 11.0. The zero-order valence-electron chi connectivity index (χ0n) is 7.24. The Morgan fingerprint density at radius 1 is 1.33 bits per heavy atom. The first-order valence-corrected chi connectivity index (χ1v) is 5.11. The number of carboxylic acid groups (broad SMARTS) is 1. The molecule has 2 rings (SSSR count). The number of carbonyl (C=O) groups is 1. The average Bonchev–Trinajstić information content (AvgIpc) is 2.17. The lowest BCUT2D eigenvalue weighted by Crippen LogP contribution is -2.03. The smallest absolute Gasteiger partial charge is 0.357 e. The van der Waals surface area contributed by atoms with Crippen LogP contribution in [-0.2, 0) is 0 Å². The maximum Gasteiger partial charge on any atom is 0.357 e. The fourth-order valence-corrected chi connectivity index (χ4v) is 1.76. The van der Waals surface area contributed by atoms with Crippen molar-refractivity contribution < 1.29 is 9.90 Å². The number of aromatic nitrogens is 2. The highest BCUT2D eigenvalue weighted by Gasteiger charge is 2.13. The van der Waals surface area contributed by atoms with Crippen molar-refractivity contribution in [2.45, 2.75) is 0 Å². The molecule has 0 atom stereocenters. The summed E-state index contributed by atoms with van der Waals surface area (Å²) in [6.07, 6.45) is 0. The molecule has 2 aromatic rings. The lowest BCUT2D eigenvalue weighted by molar-refractivity contribution is 0.0689. The summed E-state index contributed by atoms with van der Waals surface area (Å²) < 4.78 is 0.213. The summed E-state index contributed by atoms with van der Waals surface area (Å²) in [5, 5.41) is 9.32. The van der Waals surface area contributed by atoms with Crippen molar-refractivity contribution in [2.24, 2.45) is 0 Å². The molecule has 0 aliphatic rings. The van der Waals surface area contributed by atoms with E-state index in [9.17, 15) is 4.79 Å². The molecule has 15 heavy (non-hydrogen) atoms. The van der Waals surface area contributed by atoms with Gasteiger partial charge in [-0.05, 0) is 34.1 Å². The van der Waals surface area contributed by atoms with Crippen molar-refractivity contribution in [1.29, 1.82) is 0 Å². The van der Waals surface area contributed by atoms with Gasteiger partial charge in [0.05, 0.1) is 11.0 Å². The zero-order valence-corrected chi connectivity index (χ0v) is 9.58. The molecule has 0 aliphatic heterocycles. The van der Waals surface area contributed by atoms with Crippen molar-refractivity contribution in [1.82, 2.24) is 9.97 Å². The van der Waals surface area contributed by atoms with Gasteiger partial charge >= 0.3 is 5.97 Å². The Bertz CT molecular complexity index is 559. The number of nitrogens with zero attached hydrogens (tertiary/aromatic N) is 2. The van der Waals surface area contributed by atoms with Gasteiger partial charge in [0.2, 0.25) is 0 Å². The summed E-state index contributed by atoms with van der Waals surface area (Å²) in [6.45, 7) is 0. The Morgan fingerprint density at radius 3 is 2.73 bits per heavy atom. The molecule has 0 spiro atoms. The minimum absolute atomic E-state index is 0.121. The molecule has 1 heterocycles. The van der Waals surface area contributed by atoms with Gasteiger partial charge in [-0.2, -0.15) is 0 Å². The van der Waals surface area contributed by atoms with Crippen LogP contribution in [0.3, 0.4) is 0 Å². The van der Waals surface area contributed by atoms with E-state index in [-0.39, 0.29) is 10.3 Å². The van der Waals surface area contributed by atoms with Crippen molar-refractivity contribution in [2.75, 3.05) is 0 Å². The number of aromatic carboxylic acids is 1. The largest absolute Gasteiger partial charge is 0.476 e. The van der Waals surface area contributed by atoms with Crippen LogP contribution in [0.2, 0.25) is 5.02 Å². The Balaban J connectivity index is 2.77. The summed E-state index contributed by atoms with van der Waals surface area (Å²) in [5.74, 6) is -1.13. The third-order valence-corrected chi connectivity index (χ3v) is 2.57. The molecule has 0 amide bonds. The first-order valence-electron chi connectivity index (χ1n) is 3.94. The summed E-state index contributed by atoms with van der Waals surface area (Å²) in [4.78, 5) is 18.8. The molecule has 6 heteroatoms. The van der Waals surface area contributed by atoms with Gasteiger partial charge < -0.3 is 5.11 Å². The molecule has 0 fully saturated rings. The third-order valence-electron chi connectivity index (χ3n) is 1.79. The van der Waals surface area contributed by atoms with Gasteiger partial charge in [0.25, 0.3) is 0 Å². The first kappa shape index (κ1) is 10.3. The molecule has 0 saturated heterocycles. The molecule has 1 aromatic heterocycles. The SMILES string of the molecule is O=C(O)c1nc2cc(Cl)ccc2nc1Br. The van der Waals surface area contributed by atoms with Crippen LogP contribution in [0.25, 0.3) is 11.0 Å². The monoisotopic (exact) mass is 286 g/mol. The Labute approximate surface area is 98.0 Å². The van der Waals surface area contributed by atoms with E-state index in [0.29, 0.717) is 16.1 Å². The Hall–Kier alpha value is -1.20. The van der Waals surface area contributed by atoms with Crippen molar-refractivity contribution in [3.63, 3.8) is 0 Å². The van der Waals surface area contributed by atoms with Crippen molar-refractivity contribution in [3.8, 4) is 0 Å². The highest BCUT2D eigenvalue weighted by Crippen LogP contribution is 2.20. The van der Waals surface area contributed by atoms with Crippen LogP contribution < -0.4 is 0 Å². The van der Waals surface area contributed by atoms with E-state index in [2.05, 4.69) is 25.9 Å². The normalized spacial score (nSPS) is 10.5. The van der Waals surface area contributed by atoms with E-state index in [4.69, 9.17) is 16.7 Å². The van der Waals surface area contributed by atoms with Gasteiger partial charge in [0.1, 0.15) is 4.60 Å². The molecule has 0 bridgehead atoms. The van der Waals surface area contributed by atoms with Crippen LogP contribution in [0.15, 0.2) is 22.8 Å². The molecule has 4 nitrogen and oxygen atoms in total. The Morgan fingerprint density at radius 2 is 2.07 bits per heavy atom. The second-order valence-corrected chi connectivity index (χ2v) is 3.99. The summed E-state index contributed by atoms with van der Waals surface area (Å²) in [5.41, 5.74) is 0.934. The molecule has 1 N–H and O–H groups in total. The Kier molecular flexibility index (Phi) is 2.58. The molecular formula is C9H4BrClN2O2. The fourth-order valence-electron chi connectivity index (χ4n) is 1.14. The molecule has 0 radical (unpaired) electrons. The number of hydrogen-bond donors (Lipinski definition) is 1. The first-order chi connectivity index (χ1) is 7.08. The van der Waals surface area contributed by atoms with E-state index in [0.717, 1.165) is 0 Å². The molecule has 76 valence electrons. The lowest BCUT2D eigenvalue weighted by atomic mass is 10.3. The van der Waals surface area contributed by atoms with Gasteiger partial charge in [-0.15, -0.1) is 0 Å². The van der Waals surface area contributed by atoms with Crippen LogP contribution >= 0.6 is 27.5 Å². The number of halogens is 2. The van der Waals surface area contributed by atoms with Crippen LogP contribution in [0.1, 0.15) is 10.5 Å². The number of hydrogen-bond acceptors (Lipinski definition) is 3. The molecule has 0 unspecified atom stereocenters. The van der Waals surface area contributed by atoms with Crippen molar-refractivity contribution in [3.05, 3.63) is 33.5 Å². The molecule has 0 aliphatic carbocycles. The number of fused-ring (bicyclic) bond motifs is 1. The van der Waals surface area contributed by atoms with Crippen LogP contribution in [0, 0.1) is 0 Å². The van der Waals surface area contributed by atoms with Gasteiger partial charge in [0.15, 0.2) is 5.69 Å². The molecule has 1 aromatic carbocycles. The number of benzene rings is 1. The van der Waals surface area contributed by atoms with Crippen LogP contribution in [0.4, 0.5) is 0 Å². The average molecular weight is 288 g/mol. The standard InChI is InChI=1S/C9H4BrClN2O2/c10-8-7(9(14)15)12-6-3-4(11)1-2-5(6)13-8/h1-3H,(H,14,15). The minimum atomic E-state index is -1.13. The lowest BCUT2D eigenvalue weighted by Gasteiger charge is -2.01. The maximum atomic E-state index is 10.8. The van der Waals surface area contributed by atoms with Gasteiger partial charge in [-0.25, -0.2) is 14.8 Å². The quantitative estimate of drug-likeness (QED) is 0.876. The second-order valence-electron chi connectivity index (χ2n) is 2.80. The predicted octanol–water partition coefficient (Wildman–Crippen LogP) is 2.74. The van der Waals surface area contributed by atoms with E-state index < -0.39 is 5.97 Å².